The van der Waals surface area contributed by atoms with E-state index in [2.05, 4.69) is 19.7 Å². The molecule has 14 heteroatoms. The summed E-state index contributed by atoms with van der Waals surface area (Å²) in [6.45, 7) is 1.39. The Kier molecular flexibility index (Phi) is 6.37. The number of fused-ring (bicyclic) bond motifs is 1. The maximum atomic E-state index is 14.2. The number of ether oxygens (including phenoxy) is 1. The molecular weight excluding hydrogens is 526 g/mol. The molecule has 4 aromatic rings. The van der Waals surface area contributed by atoms with Crippen LogP contribution < -0.4 is 14.4 Å². The van der Waals surface area contributed by atoms with Gasteiger partial charge in [0.2, 0.25) is 11.8 Å². The molecule has 1 aliphatic heterocycles. The van der Waals surface area contributed by atoms with Crippen molar-refractivity contribution in [1.82, 2.24) is 19.9 Å². The van der Waals surface area contributed by atoms with Crippen LogP contribution in [-0.4, -0.2) is 68.0 Å². The second-order valence-corrected chi connectivity index (χ2v) is 10.9. The van der Waals surface area contributed by atoms with Crippen LogP contribution in [0.4, 0.5) is 20.3 Å². The summed E-state index contributed by atoms with van der Waals surface area (Å²) >= 11 is 1.34. The number of halogens is 2. The highest BCUT2D eigenvalue weighted by Crippen LogP contribution is 2.38. The Bertz CT molecular complexity index is 1630. The number of pyridine rings is 1. The molecule has 0 saturated carbocycles. The second kappa shape index (κ2) is 9.52. The number of aromatic nitrogens is 3. The van der Waals surface area contributed by atoms with Gasteiger partial charge in [-0.25, -0.2) is 32.2 Å². The lowest BCUT2D eigenvalue weighted by atomic mass is 10.2. The largest absolute Gasteiger partial charge is 0.480 e. The van der Waals surface area contributed by atoms with Crippen LogP contribution in [0.5, 0.6) is 5.88 Å². The summed E-state index contributed by atoms with van der Waals surface area (Å²) in [4.78, 5) is 29.4. The first-order chi connectivity index (χ1) is 17.7. The van der Waals surface area contributed by atoms with Crippen LogP contribution in [0.2, 0.25) is 0 Å². The fraction of sp³-hybridized carbons (Fsp3) is 0.217. The quantitative estimate of drug-likeness (QED) is 0.392. The maximum absolute atomic E-state index is 14.2. The molecule has 0 bridgehead atoms. The van der Waals surface area contributed by atoms with Crippen LogP contribution >= 0.6 is 11.3 Å². The Labute approximate surface area is 214 Å². The smallest absolute Gasteiger partial charge is 0.264 e. The predicted octanol–water partition coefficient (Wildman–Crippen LogP) is 3.12. The van der Waals surface area contributed by atoms with Crippen LogP contribution in [0.15, 0.2) is 47.8 Å². The molecule has 0 radical (unpaired) electrons. The van der Waals surface area contributed by atoms with Crippen LogP contribution in [-0.2, 0) is 14.8 Å². The van der Waals surface area contributed by atoms with E-state index in [1.165, 1.54) is 37.0 Å². The summed E-state index contributed by atoms with van der Waals surface area (Å²) in [5, 5.41) is 0.742. The van der Waals surface area contributed by atoms with Crippen LogP contribution in [0.25, 0.3) is 20.7 Å². The monoisotopic (exact) mass is 546 g/mol. The zero-order valence-electron chi connectivity index (χ0n) is 19.6. The van der Waals surface area contributed by atoms with E-state index in [-0.39, 0.29) is 24.0 Å². The molecule has 0 unspecified atom stereocenters. The van der Waals surface area contributed by atoms with Gasteiger partial charge < -0.3 is 14.5 Å². The van der Waals surface area contributed by atoms with E-state index in [9.17, 15) is 22.0 Å². The first kappa shape index (κ1) is 24.8. The van der Waals surface area contributed by atoms with Gasteiger partial charge in [-0.15, -0.1) is 11.3 Å². The number of thiophene rings is 1. The zero-order valence-corrected chi connectivity index (χ0v) is 21.2. The lowest BCUT2D eigenvalue weighted by molar-refractivity contribution is -0.129. The summed E-state index contributed by atoms with van der Waals surface area (Å²) in [7, 11) is -1.35. The maximum Gasteiger partial charge on any atom is 0.264 e. The summed E-state index contributed by atoms with van der Waals surface area (Å²) in [5.41, 5.74) is 0.513. The van der Waals surface area contributed by atoms with Gasteiger partial charge in [-0.1, -0.05) is 0 Å². The van der Waals surface area contributed by atoms with Crippen molar-refractivity contribution in [3.05, 3.63) is 54.5 Å². The van der Waals surface area contributed by atoms with Gasteiger partial charge in [-0.05, 0) is 24.3 Å². The lowest BCUT2D eigenvalue weighted by Gasteiger charge is -2.32. The normalized spacial score (nSPS) is 14.3. The Morgan fingerprint density at radius 1 is 1.11 bits per heavy atom. The molecule has 10 nitrogen and oxygen atoms in total. The number of likely N-dealkylation sites (N-methyl/N-ethyl adjacent to an activating group) is 1. The first-order valence-electron chi connectivity index (χ1n) is 10.9. The number of hydrogen-bond donors (Lipinski definition) is 1. The van der Waals surface area contributed by atoms with E-state index in [1.54, 1.807) is 11.9 Å². The van der Waals surface area contributed by atoms with Crippen molar-refractivity contribution in [2.75, 3.05) is 43.4 Å². The van der Waals surface area contributed by atoms with Crippen molar-refractivity contribution in [2.24, 2.45) is 0 Å². The lowest BCUT2D eigenvalue weighted by Crippen LogP contribution is -2.48. The second-order valence-electron chi connectivity index (χ2n) is 8.22. The number of nitrogens with one attached hydrogen (secondary N) is 1. The van der Waals surface area contributed by atoms with Crippen molar-refractivity contribution in [1.29, 1.82) is 0 Å². The van der Waals surface area contributed by atoms with Gasteiger partial charge in [0.25, 0.3) is 10.0 Å². The average molecular weight is 547 g/mol. The van der Waals surface area contributed by atoms with Gasteiger partial charge in [0, 0.05) is 42.8 Å². The van der Waals surface area contributed by atoms with Crippen molar-refractivity contribution in [2.45, 2.75) is 4.90 Å². The highest BCUT2D eigenvalue weighted by molar-refractivity contribution is 7.92. The Morgan fingerprint density at radius 2 is 1.92 bits per heavy atom. The number of anilines is 2. The van der Waals surface area contributed by atoms with Gasteiger partial charge in [-0.2, -0.15) is 0 Å². The van der Waals surface area contributed by atoms with Gasteiger partial charge >= 0.3 is 0 Å². The fourth-order valence-electron chi connectivity index (χ4n) is 3.89. The number of nitrogens with zero attached hydrogens (tertiary/aromatic N) is 5. The predicted molar refractivity (Wildman–Crippen MR) is 134 cm³/mol. The van der Waals surface area contributed by atoms with Gasteiger partial charge in [0.1, 0.15) is 39.2 Å². The zero-order chi connectivity index (χ0) is 26.3. The summed E-state index contributed by atoms with van der Waals surface area (Å²) in [5.74, 6) is -1.54. The number of sulfonamides is 1. The van der Waals surface area contributed by atoms with Crippen LogP contribution in [0, 0.1) is 11.6 Å². The highest BCUT2D eigenvalue weighted by Gasteiger charge is 2.25. The number of carbonyl (C=O) groups excluding carboxylic acids is 1. The van der Waals surface area contributed by atoms with Crippen LogP contribution in [0.3, 0.4) is 0 Å². The minimum absolute atomic E-state index is 0.0117. The molecule has 1 N–H and O–H groups in total. The minimum atomic E-state index is -4.42. The number of hydrogen-bond acceptors (Lipinski definition) is 9. The molecule has 192 valence electrons. The molecule has 4 heterocycles. The van der Waals surface area contributed by atoms with Crippen molar-refractivity contribution < 1.29 is 26.7 Å². The molecule has 1 fully saturated rings. The first-order valence-corrected chi connectivity index (χ1v) is 13.2. The Hall–Kier alpha value is -3.91. The Morgan fingerprint density at radius 3 is 2.65 bits per heavy atom. The van der Waals surface area contributed by atoms with E-state index in [1.807, 2.05) is 11.0 Å². The summed E-state index contributed by atoms with van der Waals surface area (Å²) in [6, 6.07) is 5.53. The molecule has 0 spiro atoms. The van der Waals surface area contributed by atoms with E-state index in [0.717, 1.165) is 17.5 Å². The molecule has 5 rings (SSSR count). The molecule has 1 amide bonds. The third kappa shape index (κ3) is 4.76. The fourth-order valence-corrected chi connectivity index (χ4v) is 5.98. The third-order valence-corrected chi connectivity index (χ3v) is 8.31. The summed E-state index contributed by atoms with van der Waals surface area (Å²) < 4.78 is 60.6. The highest BCUT2D eigenvalue weighted by atomic mass is 32.2. The number of carbonyl (C=O) groups is 1. The molecule has 0 atom stereocenters. The molecule has 1 aliphatic rings. The molecular formula is C23H20F2N6O4S2. The minimum Gasteiger partial charge on any atom is -0.480 e. The van der Waals surface area contributed by atoms with E-state index in [0.29, 0.717) is 40.2 Å². The number of rotatable bonds is 6. The van der Waals surface area contributed by atoms with Gasteiger partial charge in [-0.3, -0.25) is 9.52 Å². The summed E-state index contributed by atoms with van der Waals surface area (Å²) in [6.07, 6.45) is 2.94. The van der Waals surface area contributed by atoms with Gasteiger partial charge in [0.15, 0.2) is 0 Å². The van der Waals surface area contributed by atoms with Crippen molar-refractivity contribution in [3.63, 3.8) is 0 Å². The van der Waals surface area contributed by atoms with E-state index in [4.69, 9.17) is 4.74 Å². The topological polar surface area (TPSA) is 118 Å². The van der Waals surface area contributed by atoms with Crippen molar-refractivity contribution >= 4 is 49.0 Å². The van der Waals surface area contributed by atoms with E-state index < -0.39 is 26.6 Å². The number of piperazine rings is 1. The SMILES string of the molecule is COc1ncc(-c2cc3c(N4CCN(C)C(=O)C4)ncnc3s2)cc1NS(=O)(=O)c1ccc(F)cc1F. The molecule has 3 aromatic heterocycles. The molecule has 1 aromatic carbocycles. The van der Waals surface area contributed by atoms with Gasteiger partial charge in [0.05, 0.1) is 19.0 Å². The number of methoxy groups -OCH3 is 1. The average Bonchev–Trinajstić information content (AvgIpc) is 3.30. The standard InChI is InChI=1S/C23H20F2N6O4S2/c1-30-5-6-31(11-20(30)32)21-15-9-18(36-23(15)28-12-27-21)13-7-17(22(35-2)26-10-13)29-37(33,34)19-4-3-14(24)8-16(19)25/h3-4,7-10,12,29H,5-6,11H2,1-2H3. The molecule has 37 heavy (non-hydrogen) atoms. The Balaban J connectivity index is 1.51. The molecule has 0 aliphatic carbocycles. The van der Waals surface area contributed by atoms with Crippen LogP contribution in [0.1, 0.15) is 0 Å². The number of amides is 1. The van der Waals surface area contributed by atoms with E-state index >= 15 is 0 Å². The molecule has 1 saturated heterocycles. The van der Waals surface area contributed by atoms with Crippen molar-refractivity contribution in [3.8, 4) is 16.3 Å². The number of benzene rings is 1. The third-order valence-electron chi connectivity index (χ3n) is 5.82.